The molecule has 1 aromatic heterocycles. The summed E-state index contributed by atoms with van der Waals surface area (Å²) in [5, 5.41) is 0. The third-order valence-corrected chi connectivity index (χ3v) is 4.41. The van der Waals surface area contributed by atoms with Crippen LogP contribution in [0, 0.1) is 0 Å². The van der Waals surface area contributed by atoms with E-state index in [9.17, 15) is 4.79 Å². The molecule has 0 atom stereocenters. The molecule has 122 valence electrons. The average Bonchev–Trinajstić information content (AvgIpc) is 2.61. The molecule has 4 nitrogen and oxygen atoms in total. The zero-order chi connectivity index (χ0) is 16.9. The van der Waals surface area contributed by atoms with E-state index in [2.05, 4.69) is 11.1 Å². The van der Waals surface area contributed by atoms with E-state index in [0.29, 0.717) is 24.0 Å². The van der Waals surface area contributed by atoms with Crippen molar-refractivity contribution < 1.29 is 9.53 Å². The van der Waals surface area contributed by atoms with E-state index in [0.717, 1.165) is 37.2 Å². The fraction of sp³-hybridized carbons (Fsp3) is 0.368. The summed E-state index contributed by atoms with van der Waals surface area (Å²) in [6.07, 6.45) is 2.04. The van der Waals surface area contributed by atoms with Crippen LogP contribution in [0.15, 0.2) is 42.5 Å². The van der Waals surface area contributed by atoms with E-state index in [1.165, 1.54) is 0 Å². The molecule has 0 aliphatic carbocycles. The van der Waals surface area contributed by atoms with E-state index in [1.54, 1.807) is 6.92 Å². The van der Waals surface area contributed by atoms with Crippen LogP contribution in [0.3, 0.4) is 0 Å². The van der Waals surface area contributed by atoms with Crippen LogP contribution < -0.4 is 4.74 Å². The topological polar surface area (TPSA) is 42.4 Å². The van der Waals surface area contributed by atoms with Crippen molar-refractivity contribution in [3.63, 3.8) is 0 Å². The largest absolute Gasteiger partial charge is 0.473 e. The Labute approximate surface area is 144 Å². The highest BCUT2D eigenvalue weighted by atomic mass is 16.5. The Morgan fingerprint density at radius 2 is 2.00 bits per heavy atom. The maximum atomic E-state index is 11.4. The molecule has 0 N–H and O–H groups in total. The number of piperidine rings is 1. The van der Waals surface area contributed by atoms with Gasteiger partial charge < -0.3 is 9.55 Å². The highest BCUT2D eigenvalue weighted by Crippen LogP contribution is 2.27. The number of ketones is 1. The molecule has 0 unspecified atom stereocenters. The van der Waals surface area contributed by atoms with Gasteiger partial charge in [0.15, 0.2) is 13.8 Å². The van der Waals surface area contributed by atoms with Crippen LogP contribution in [0.4, 0.5) is 0 Å². The Morgan fingerprint density at radius 3 is 2.75 bits per heavy atom. The molecular formula is C19H21BN2O2. The van der Waals surface area contributed by atoms with E-state index in [-0.39, 0.29) is 5.78 Å². The minimum absolute atomic E-state index is 0.0585. The summed E-state index contributed by atoms with van der Waals surface area (Å²) in [5.74, 6) is 1.12. The van der Waals surface area contributed by atoms with Gasteiger partial charge in [-0.25, -0.2) is 4.98 Å². The number of hydrogen-bond donors (Lipinski definition) is 0. The number of nitrogens with zero attached hydrogens (tertiary/aromatic N) is 2. The molecule has 2 radical (unpaired) electrons. The van der Waals surface area contributed by atoms with Crippen molar-refractivity contribution in [3.8, 4) is 5.88 Å². The lowest BCUT2D eigenvalue weighted by molar-refractivity contribution is 0.101. The quantitative estimate of drug-likeness (QED) is 0.627. The second-order valence-corrected chi connectivity index (χ2v) is 6.26. The SMILES string of the molecule is [B]N1CCC(c2cccc(OCc3cccc(C(C)=O)c3)n2)CC1. The molecule has 3 rings (SSSR count). The predicted octanol–water partition coefficient (Wildman–Crippen LogP) is 3.13. The van der Waals surface area contributed by atoms with Crippen LogP contribution in [-0.4, -0.2) is 36.6 Å². The first kappa shape index (κ1) is 16.7. The van der Waals surface area contributed by atoms with Crippen LogP contribution in [0.2, 0.25) is 0 Å². The van der Waals surface area contributed by atoms with Crippen LogP contribution in [-0.2, 0) is 6.61 Å². The van der Waals surface area contributed by atoms with Crippen molar-refractivity contribution in [1.82, 2.24) is 9.79 Å². The lowest BCUT2D eigenvalue weighted by Crippen LogP contribution is -2.30. The van der Waals surface area contributed by atoms with Crippen LogP contribution in [0.1, 0.15) is 47.3 Å². The lowest BCUT2D eigenvalue weighted by atomic mass is 9.92. The molecule has 0 saturated carbocycles. The van der Waals surface area contributed by atoms with Crippen LogP contribution in [0.25, 0.3) is 0 Å². The Bertz CT molecular complexity index is 712. The third kappa shape index (κ3) is 4.23. The van der Waals surface area contributed by atoms with Crippen molar-refractivity contribution in [1.29, 1.82) is 0 Å². The van der Waals surface area contributed by atoms with Gasteiger partial charge in [0.1, 0.15) is 6.61 Å². The molecule has 5 heteroatoms. The fourth-order valence-corrected chi connectivity index (χ4v) is 2.97. The number of pyridine rings is 1. The Balaban J connectivity index is 1.64. The molecule has 2 aromatic rings. The number of carbonyl (C=O) groups excluding carboxylic acids is 1. The number of benzene rings is 1. The second-order valence-electron chi connectivity index (χ2n) is 6.26. The summed E-state index contributed by atoms with van der Waals surface area (Å²) in [7, 11) is 5.81. The molecule has 2 heterocycles. The highest BCUT2D eigenvalue weighted by Gasteiger charge is 2.19. The smallest absolute Gasteiger partial charge is 0.213 e. The lowest BCUT2D eigenvalue weighted by Gasteiger charge is -2.29. The third-order valence-electron chi connectivity index (χ3n) is 4.41. The maximum absolute atomic E-state index is 11.4. The minimum Gasteiger partial charge on any atom is -0.473 e. The zero-order valence-electron chi connectivity index (χ0n) is 13.9. The van der Waals surface area contributed by atoms with Gasteiger partial charge in [-0.15, -0.1) is 0 Å². The normalized spacial score (nSPS) is 16.0. The summed E-state index contributed by atoms with van der Waals surface area (Å²) in [4.78, 5) is 18.0. The van der Waals surface area contributed by atoms with Crippen LogP contribution >= 0.6 is 0 Å². The van der Waals surface area contributed by atoms with Gasteiger partial charge in [0.25, 0.3) is 0 Å². The molecule has 0 amide bonds. The summed E-state index contributed by atoms with van der Waals surface area (Å²) >= 11 is 0. The van der Waals surface area contributed by atoms with E-state index >= 15 is 0 Å². The van der Waals surface area contributed by atoms with Gasteiger partial charge in [-0.2, -0.15) is 0 Å². The number of Topliss-reactive ketones (excluding diaryl/α,β-unsaturated/α-hetero) is 1. The van der Waals surface area contributed by atoms with Gasteiger partial charge >= 0.3 is 0 Å². The van der Waals surface area contributed by atoms with Gasteiger partial charge in [-0.1, -0.05) is 24.3 Å². The van der Waals surface area contributed by atoms with Crippen molar-refractivity contribution in [3.05, 3.63) is 59.3 Å². The average molecular weight is 320 g/mol. The number of ether oxygens (including phenoxy) is 1. The molecule has 24 heavy (non-hydrogen) atoms. The second kappa shape index (κ2) is 7.62. The van der Waals surface area contributed by atoms with E-state index in [4.69, 9.17) is 12.7 Å². The Kier molecular flexibility index (Phi) is 5.31. The molecule has 1 fully saturated rings. The number of aromatic nitrogens is 1. The number of carbonyl (C=O) groups is 1. The standard InChI is InChI=1S/C19H21BN2O2/c1-14(23)17-5-2-4-15(12-17)13-24-19-7-3-6-18(21-19)16-8-10-22(20)11-9-16/h2-7,12,16H,8-11,13H2,1H3. The van der Waals surface area contributed by atoms with E-state index < -0.39 is 0 Å². The molecule has 0 bridgehead atoms. The van der Waals surface area contributed by atoms with Gasteiger partial charge in [0.2, 0.25) is 5.88 Å². The summed E-state index contributed by atoms with van der Waals surface area (Å²) in [6, 6.07) is 13.4. The number of rotatable bonds is 5. The van der Waals surface area contributed by atoms with Gasteiger partial charge in [0, 0.05) is 23.2 Å². The predicted molar refractivity (Wildman–Crippen MR) is 94.3 cm³/mol. The highest BCUT2D eigenvalue weighted by molar-refractivity contribution is 6.04. The van der Waals surface area contributed by atoms with Crippen molar-refractivity contribution >= 4 is 13.8 Å². The fourth-order valence-electron chi connectivity index (χ4n) is 2.97. The van der Waals surface area contributed by atoms with Gasteiger partial charge in [-0.3, -0.25) is 4.79 Å². The minimum atomic E-state index is 0.0585. The van der Waals surface area contributed by atoms with Crippen molar-refractivity contribution in [2.24, 2.45) is 0 Å². The maximum Gasteiger partial charge on any atom is 0.213 e. The van der Waals surface area contributed by atoms with Crippen molar-refractivity contribution in [2.45, 2.75) is 32.3 Å². The summed E-state index contributed by atoms with van der Waals surface area (Å²) in [5.41, 5.74) is 2.73. The summed E-state index contributed by atoms with van der Waals surface area (Å²) in [6.45, 7) is 3.76. The van der Waals surface area contributed by atoms with Crippen LogP contribution in [0.5, 0.6) is 5.88 Å². The Morgan fingerprint density at radius 1 is 1.25 bits per heavy atom. The molecule has 1 aromatic carbocycles. The Hall–Kier alpha value is -2.14. The first-order valence-corrected chi connectivity index (χ1v) is 8.31. The van der Waals surface area contributed by atoms with Gasteiger partial charge in [0.05, 0.1) is 0 Å². The molecular weight excluding hydrogens is 299 g/mol. The first-order valence-electron chi connectivity index (χ1n) is 8.31. The molecule has 0 spiro atoms. The molecule has 1 saturated heterocycles. The first-order chi connectivity index (χ1) is 11.6. The van der Waals surface area contributed by atoms with Gasteiger partial charge in [-0.05, 0) is 50.6 Å². The monoisotopic (exact) mass is 320 g/mol. The van der Waals surface area contributed by atoms with Crippen molar-refractivity contribution in [2.75, 3.05) is 13.1 Å². The molecule has 1 aliphatic heterocycles. The molecule has 1 aliphatic rings. The van der Waals surface area contributed by atoms with E-state index in [1.807, 2.05) is 41.2 Å². The zero-order valence-corrected chi connectivity index (χ0v) is 13.9. The number of hydrogen-bond acceptors (Lipinski definition) is 4. The summed E-state index contributed by atoms with van der Waals surface area (Å²) < 4.78 is 5.82.